The molecule has 0 aliphatic carbocycles. The predicted octanol–water partition coefficient (Wildman–Crippen LogP) is 2.68. The molecule has 9 nitrogen and oxygen atoms in total. The van der Waals surface area contributed by atoms with E-state index in [1.165, 1.54) is 25.3 Å². The number of nitrogens with zero attached hydrogens (tertiary/aromatic N) is 3. The summed E-state index contributed by atoms with van der Waals surface area (Å²) in [6.45, 7) is 8.30. The molecule has 1 aliphatic heterocycles. The minimum atomic E-state index is -0.584. The molecule has 0 bridgehead atoms. The van der Waals surface area contributed by atoms with E-state index in [0.717, 1.165) is 0 Å². The first kappa shape index (κ1) is 20.5. The molecule has 1 heterocycles. The van der Waals surface area contributed by atoms with Gasteiger partial charge < -0.3 is 19.3 Å². The van der Waals surface area contributed by atoms with Crippen molar-refractivity contribution in [3.05, 3.63) is 33.9 Å². The molecule has 0 unspecified atom stereocenters. The van der Waals surface area contributed by atoms with Crippen LogP contribution in [0.15, 0.2) is 18.2 Å². The molecule has 0 saturated carbocycles. The molecule has 1 atom stereocenters. The molecular weight excluding hydrogens is 354 g/mol. The van der Waals surface area contributed by atoms with E-state index in [1.807, 2.05) is 6.92 Å². The van der Waals surface area contributed by atoms with E-state index in [1.54, 1.807) is 30.6 Å². The predicted molar refractivity (Wildman–Crippen MR) is 98.0 cm³/mol. The molecule has 0 aromatic heterocycles. The summed E-state index contributed by atoms with van der Waals surface area (Å²) in [5.41, 5.74) is -0.480. The largest absolute Gasteiger partial charge is 0.490 e. The number of methoxy groups -OCH3 is 1. The Morgan fingerprint density at radius 2 is 1.93 bits per heavy atom. The number of carbonyl (C=O) groups excluding carboxylic acids is 2. The Labute approximate surface area is 158 Å². The molecule has 1 aromatic carbocycles. The van der Waals surface area contributed by atoms with E-state index in [2.05, 4.69) is 0 Å². The molecule has 148 valence electrons. The topological polar surface area (TPSA) is 102 Å². The number of carbonyl (C=O) groups is 2. The van der Waals surface area contributed by atoms with Gasteiger partial charge in [0, 0.05) is 43.4 Å². The summed E-state index contributed by atoms with van der Waals surface area (Å²) in [5.74, 6) is -0.231. The molecule has 27 heavy (non-hydrogen) atoms. The number of hydrogen-bond donors (Lipinski definition) is 0. The monoisotopic (exact) mass is 379 g/mol. The van der Waals surface area contributed by atoms with Crippen LogP contribution in [0.4, 0.5) is 10.5 Å². The van der Waals surface area contributed by atoms with Gasteiger partial charge in [-0.25, -0.2) is 4.79 Å². The standard InChI is InChI=1S/C18H25N3O6/c1-12-11-19(8-9-20(12)17(23)27-18(2,3)4)16(22)13-6-7-14(21(24)25)15(10-13)26-5/h6-7,10,12H,8-9,11H2,1-5H3/t12-/m1/s1. The fraction of sp³-hybridized carbons (Fsp3) is 0.556. The van der Waals surface area contributed by atoms with Gasteiger partial charge in [0.2, 0.25) is 0 Å². The van der Waals surface area contributed by atoms with E-state index in [4.69, 9.17) is 9.47 Å². The van der Waals surface area contributed by atoms with Crippen LogP contribution in [-0.2, 0) is 4.74 Å². The van der Waals surface area contributed by atoms with E-state index < -0.39 is 16.6 Å². The van der Waals surface area contributed by atoms with Crippen molar-refractivity contribution in [2.24, 2.45) is 0 Å². The van der Waals surface area contributed by atoms with E-state index in [0.29, 0.717) is 25.2 Å². The van der Waals surface area contributed by atoms with Gasteiger partial charge in [0.15, 0.2) is 5.75 Å². The lowest BCUT2D eigenvalue weighted by Crippen LogP contribution is -2.56. The van der Waals surface area contributed by atoms with Crippen molar-refractivity contribution in [2.45, 2.75) is 39.3 Å². The minimum absolute atomic E-state index is 0.0336. The number of nitro benzene ring substituents is 1. The highest BCUT2D eigenvalue weighted by molar-refractivity contribution is 5.95. The lowest BCUT2D eigenvalue weighted by atomic mass is 10.1. The van der Waals surface area contributed by atoms with Crippen LogP contribution in [0.25, 0.3) is 0 Å². The first-order valence-electron chi connectivity index (χ1n) is 8.65. The molecule has 1 aromatic rings. The Balaban J connectivity index is 2.10. The van der Waals surface area contributed by atoms with Gasteiger partial charge in [-0.15, -0.1) is 0 Å². The van der Waals surface area contributed by atoms with Gasteiger partial charge in [0.1, 0.15) is 5.60 Å². The van der Waals surface area contributed by atoms with Gasteiger partial charge in [-0.1, -0.05) is 0 Å². The fourth-order valence-corrected chi connectivity index (χ4v) is 2.88. The van der Waals surface area contributed by atoms with Crippen molar-refractivity contribution in [3.8, 4) is 5.75 Å². The van der Waals surface area contributed by atoms with Crippen LogP contribution >= 0.6 is 0 Å². The molecule has 2 amide bonds. The zero-order valence-electron chi connectivity index (χ0n) is 16.2. The number of rotatable bonds is 3. The Kier molecular flexibility index (Phi) is 5.92. The van der Waals surface area contributed by atoms with Gasteiger partial charge in [-0.05, 0) is 33.8 Å². The van der Waals surface area contributed by atoms with Crippen molar-refractivity contribution in [2.75, 3.05) is 26.7 Å². The first-order chi connectivity index (χ1) is 12.5. The highest BCUT2D eigenvalue weighted by Crippen LogP contribution is 2.28. The molecule has 1 aliphatic rings. The maximum absolute atomic E-state index is 12.8. The highest BCUT2D eigenvalue weighted by Gasteiger charge is 2.33. The quantitative estimate of drug-likeness (QED) is 0.591. The summed E-state index contributed by atoms with van der Waals surface area (Å²) in [6, 6.07) is 3.82. The van der Waals surface area contributed by atoms with Crippen molar-refractivity contribution in [1.82, 2.24) is 9.80 Å². The summed E-state index contributed by atoms with van der Waals surface area (Å²) in [4.78, 5) is 38.7. The minimum Gasteiger partial charge on any atom is -0.490 e. The fourth-order valence-electron chi connectivity index (χ4n) is 2.88. The third-order valence-electron chi connectivity index (χ3n) is 4.17. The molecule has 0 spiro atoms. The number of ether oxygens (including phenoxy) is 2. The molecule has 0 N–H and O–H groups in total. The summed E-state index contributed by atoms with van der Waals surface area (Å²) >= 11 is 0. The summed E-state index contributed by atoms with van der Waals surface area (Å²) < 4.78 is 10.4. The number of amides is 2. The van der Waals surface area contributed by atoms with Crippen molar-refractivity contribution >= 4 is 17.7 Å². The van der Waals surface area contributed by atoms with Gasteiger partial charge >= 0.3 is 11.8 Å². The second-order valence-corrected chi connectivity index (χ2v) is 7.42. The molecule has 9 heteroatoms. The Hall–Kier alpha value is -2.84. The zero-order chi connectivity index (χ0) is 20.4. The van der Waals surface area contributed by atoms with Crippen LogP contribution < -0.4 is 4.74 Å². The SMILES string of the molecule is COc1cc(C(=O)N2CCN(C(=O)OC(C)(C)C)[C@H](C)C2)ccc1[N+](=O)[O-]. The van der Waals surface area contributed by atoms with E-state index in [9.17, 15) is 19.7 Å². The Morgan fingerprint density at radius 3 is 2.44 bits per heavy atom. The second-order valence-electron chi connectivity index (χ2n) is 7.42. The van der Waals surface area contributed by atoms with Crippen LogP contribution in [0.5, 0.6) is 5.75 Å². The van der Waals surface area contributed by atoms with Crippen LogP contribution in [0, 0.1) is 10.1 Å². The van der Waals surface area contributed by atoms with Gasteiger partial charge in [-0.2, -0.15) is 0 Å². The lowest BCUT2D eigenvalue weighted by Gasteiger charge is -2.40. The summed E-state index contributed by atoms with van der Waals surface area (Å²) in [7, 11) is 1.32. The highest BCUT2D eigenvalue weighted by atomic mass is 16.6. The normalized spacial score (nSPS) is 17.4. The van der Waals surface area contributed by atoms with Gasteiger partial charge in [0.05, 0.1) is 12.0 Å². The van der Waals surface area contributed by atoms with Crippen molar-refractivity contribution in [3.63, 3.8) is 0 Å². The zero-order valence-corrected chi connectivity index (χ0v) is 16.2. The van der Waals surface area contributed by atoms with Crippen molar-refractivity contribution in [1.29, 1.82) is 0 Å². The number of benzene rings is 1. The molecule has 0 radical (unpaired) electrons. The van der Waals surface area contributed by atoms with Crippen LogP contribution in [-0.4, -0.2) is 65.1 Å². The molecular formula is C18H25N3O6. The average molecular weight is 379 g/mol. The van der Waals surface area contributed by atoms with Crippen LogP contribution in [0.1, 0.15) is 38.1 Å². The van der Waals surface area contributed by atoms with Gasteiger partial charge in [-0.3, -0.25) is 14.9 Å². The maximum Gasteiger partial charge on any atom is 0.410 e. The summed E-state index contributed by atoms with van der Waals surface area (Å²) in [5, 5.41) is 11.0. The summed E-state index contributed by atoms with van der Waals surface area (Å²) in [6.07, 6.45) is -0.404. The van der Waals surface area contributed by atoms with Crippen molar-refractivity contribution < 1.29 is 24.0 Å². The van der Waals surface area contributed by atoms with E-state index in [-0.39, 0.29) is 23.4 Å². The maximum atomic E-state index is 12.8. The van der Waals surface area contributed by atoms with Crippen LogP contribution in [0.2, 0.25) is 0 Å². The first-order valence-corrected chi connectivity index (χ1v) is 8.65. The third-order valence-corrected chi connectivity index (χ3v) is 4.17. The number of hydrogen-bond acceptors (Lipinski definition) is 6. The lowest BCUT2D eigenvalue weighted by molar-refractivity contribution is -0.385. The Morgan fingerprint density at radius 1 is 1.26 bits per heavy atom. The third kappa shape index (κ3) is 4.87. The Bertz CT molecular complexity index is 743. The average Bonchev–Trinajstić information content (AvgIpc) is 2.58. The smallest absolute Gasteiger partial charge is 0.410 e. The second kappa shape index (κ2) is 7.81. The molecule has 2 rings (SSSR count). The van der Waals surface area contributed by atoms with Gasteiger partial charge in [0.25, 0.3) is 5.91 Å². The number of piperazine rings is 1. The molecule has 1 saturated heterocycles. The van der Waals surface area contributed by atoms with Crippen LogP contribution in [0.3, 0.4) is 0 Å². The molecule has 1 fully saturated rings. The number of nitro groups is 1. The van der Waals surface area contributed by atoms with E-state index >= 15 is 0 Å².